The minimum Gasteiger partial charge on any atom is -0.330 e. The van der Waals surface area contributed by atoms with Crippen LogP contribution in [0.5, 0.6) is 0 Å². The third-order valence-electron chi connectivity index (χ3n) is 4.39. The van der Waals surface area contributed by atoms with Crippen molar-refractivity contribution >= 4 is 11.0 Å². The number of nitrogens with zero attached hydrogens (tertiary/aromatic N) is 1. The highest BCUT2D eigenvalue weighted by Gasteiger charge is 2.32. The van der Waals surface area contributed by atoms with Gasteiger partial charge in [-0.05, 0) is 30.5 Å². The summed E-state index contributed by atoms with van der Waals surface area (Å²) in [7, 11) is 0. The number of H-pyrrole nitrogens is 1. The Hall–Kier alpha value is -1.68. The van der Waals surface area contributed by atoms with Gasteiger partial charge < -0.3 is 10.7 Å². The van der Waals surface area contributed by atoms with Crippen molar-refractivity contribution in [1.82, 2.24) is 9.97 Å². The second-order valence-electron chi connectivity index (χ2n) is 5.52. The summed E-state index contributed by atoms with van der Waals surface area (Å²) in [5, 5.41) is 0. The minimum atomic E-state index is -0.161. The molecule has 0 bridgehead atoms. The fourth-order valence-electron chi connectivity index (χ4n) is 3.21. The number of rotatable bonds is 2. The van der Waals surface area contributed by atoms with Gasteiger partial charge in [-0.1, -0.05) is 25.3 Å². The summed E-state index contributed by atoms with van der Waals surface area (Å²) >= 11 is 0. The van der Waals surface area contributed by atoms with E-state index in [1.807, 2.05) is 6.07 Å². The predicted octanol–water partition coefficient (Wildman–Crippen LogP) is 2.08. The van der Waals surface area contributed by atoms with E-state index in [4.69, 9.17) is 5.73 Å². The van der Waals surface area contributed by atoms with Crippen LogP contribution in [0.4, 0.5) is 0 Å². The van der Waals surface area contributed by atoms with Crippen LogP contribution in [0.25, 0.3) is 11.0 Å². The molecular weight excluding hydrogens is 238 g/mol. The van der Waals surface area contributed by atoms with Crippen molar-refractivity contribution in [2.24, 2.45) is 5.73 Å². The molecule has 100 valence electrons. The Bertz CT molecular complexity index is 641. The van der Waals surface area contributed by atoms with Gasteiger partial charge in [0.25, 0.3) is 5.56 Å². The van der Waals surface area contributed by atoms with E-state index in [0.29, 0.717) is 6.54 Å². The molecule has 1 fully saturated rings. The lowest BCUT2D eigenvalue weighted by molar-refractivity contribution is 0.301. The number of hydrogen-bond acceptors (Lipinski definition) is 3. The average molecular weight is 257 g/mol. The van der Waals surface area contributed by atoms with Crippen LogP contribution in [0.2, 0.25) is 0 Å². The number of nitrogens with two attached hydrogens (primary N) is 1. The van der Waals surface area contributed by atoms with Gasteiger partial charge in [-0.15, -0.1) is 0 Å². The second kappa shape index (κ2) is 4.78. The average Bonchev–Trinajstić information content (AvgIpc) is 2.47. The molecule has 4 nitrogen and oxygen atoms in total. The molecule has 1 aliphatic carbocycles. The van der Waals surface area contributed by atoms with Crippen LogP contribution in [-0.4, -0.2) is 16.5 Å². The number of aromatic nitrogens is 2. The van der Waals surface area contributed by atoms with E-state index in [9.17, 15) is 4.79 Å². The van der Waals surface area contributed by atoms with Gasteiger partial charge in [0.2, 0.25) is 0 Å². The van der Waals surface area contributed by atoms with E-state index >= 15 is 0 Å². The maximum atomic E-state index is 11.3. The van der Waals surface area contributed by atoms with Crippen LogP contribution < -0.4 is 11.3 Å². The van der Waals surface area contributed by atoms with E-state index in [0.717, 1.165) is 23.9 Å². The van der Waals surface area contributed by atoms with Crippen LogP contribution in [0, 0.1) is 0 Å². The Morgan fingerprint density at radius 1 is 1.26 bits per heavy atom. The SMILES string of the molecule is NCC1(c2ccc3[nH]c(=O)cnc3c2)CCCCC1. The molecule has 0 atom stereocenters. The first-order valence-electron chi connectivity index (χ1n) is 6.93. The van der Waals surface area contributed by atoms with Gasteiger partial charge in [-0.3, -0.25) is 4.79 Å². The van der Waals surface area contributed by atoms with Crippen molar-refractivity contribution < 1.29 is 0 Å². The molecular formula is C15H19N3O. The maximum Gasteiger partial charge on any atom is 0.266 e. The summed E-state index contributed by atoms with van der Waals surface area (Å²) in [4.78, 5) is 18.3. The number of nitrogens with one attached hydrogen (secondary N) is 1. The highest BCUT2D eigenvalue weighted by atomic mass is 16.1. The fraction of sp³-hybridized carbons (Fsp3) is 0.467. The molecule has 4 heteroatoms. The van der Waals surface area contributed by atoms with Crippen molar-refractivity contribution in [3.63, 3.8) is 0 Å². The van der Waals surface area contributed by atoms with Gasteiger partial charge in [0.15, 0.2) is 0 Å². The Labute approximate surface area is 112 Å². The summed E-state index contributed by atoms with van der Waals surface area (Å²) in [5.74, 6) is 0. The molecule has 0 spiro atoms. The smallest absolute Gasteiger partial charge is 0.266 e. The second-order valence-corrected chi connectivity index (χ2v) is 5.52. The predicted molar refractivity (Wildman–Crippen MR) is 76.2 cm³/mol. The molecule has 1 saturated carbocycles. The van der Waals surface area contributed by atoms with Crippen LogP contribution in [0.15, 0.2) is 29.2 Å². The highest BCUT2D eigenvalue weighted by molar-refractivity contribution is 5.74. The van der Waals surface area contributed by atoms with E-state index < -0.39 is 0 Å². The van der Waals surface area contributed by atoms with Crippen molar-refractivity contribution in [3.8, 4) is 0 Å². The lowest BCUT2D eigenvalue weighted by Gasteiger charge is -2.36. The van der Waals surface area contributed by atoms with Gasteiger partial charge in [-0.25, -0.2) is 4.98 Å². The number of aromatic amines is 1. The molecule has 3 N–H and O–H groups in total. The molecule has 0 radical (unpaired) electrons. The molecule has 0 amide bonds. The van der Waals surface area contributed by atoms with Crippen LogP contribution in [-0.2, 0) is 5.41 Å². The Kier molecular flexibility index (Phi) is 3.11. The first-order chi connectivity index (χ1) is 9.23. The zero-order valence-electron chi connectivity index (χ0n) is 11.0. The summed E-state index contributed by atoms with van der Waals surface area (Å²) in [5.41, 5.74) is 8.90. The van der Waals surface area contributed by atoms with Crippen molar-refractivity contribution in [2.45, 2.75) is 37.5 Å². The topological polar surface area (TPSA) is 71.8 Å². The fourth-order valence-corrected chi connectivity index (χ4v) is 3.21. The van der Waals surface area contributed by atoms with E-state index in [1.54, 1.807) is 0 Å². The number of fused-ring (bicyclic) bond motifs is 1. The molecule has 1 aromatic heterocycles. The molecule has 1 aliphatic rings. The lowest BCUT2D eigenvalue weighted by Crippen LogP contribution is -2.37. The molecule has 0 aliphatic heterocycles. The Balaban J connectivity index is 2.09. The third kappa shape index (κ3) is 2.16. The molecule has 0 unspecified atom stereocenters. The maximum absolute atomic E-state index is 11.3. The first kappa shape index (κ1) is 12.4. The van der Waals surface area contributed by atoms with Crippen LogP contribution in [0.3, 0.4) is 0 Å². The summed E-state index contributed by atoms with van der Waals surface area (Å²) in [6.07, 6.45) is 7.43. The zero-order valence-corrected chi connectivity index (χ0v) is 11.0. The largest absolute Gasteiger partial charge is 0.330 e. The van der Waals surface area contributed by atoms with Gasteiger partial charge in [0.1, 0.15) is 0 Å². The zero-order chi connectivity index (χ0) is 13.3. The van der Waals surface area contributed by atoms with Gasteiger partial charge >= 0.3 is 0 Å². The molecule has 1 aromatic carbocycles. The van der Waals surface area contributed by atoms with Crippen molar-refractivity contribution in [3.05, 3.63) is 40.3 Å². The molecule has 19 heavy (non-hydrogen) atoms. The van der Waals surface area contributed by atoms with Crippen molar-refractivity contribution in [1.29, 1.82) is 0 Å². The molecule has 1 heterocycles. The quantitative estimate of drug-likeness (QED) is 0.865. The molecule has 2 aromatic rings. The van der Waals surface area contributed by atoms with E-state index in [1.165, 1.54) is 31.0 Å². The van der Waals surface area contributed by atoms with E-state index in [-0.39, 0.29) is 11.0 Å². The summed E-state index contributed by atoms with van der Waals surface area (Å²) < 4.78 is 0. The first-order valence-corrected chi connectivity index (χ1v) is 6.93. The normalized spacial score (nSPS) is 18.6. The molecule has 3 rings (SSSR count). The Morgan fingerprint density at radius 3 is 2.79 bits per heavy atom. The minimum absolute atomic E-state index is 0.101. The standard InChI is InChI=1S/C15H19N3O/c16-10-15(6-2-1-3-7-15)11-4-5-12-13(8-11)17-9-14(19)18-12/h4-5,8-9H,1-3,6-7,10,16H2,(H,18,19). The van der Waals surface area contributed by atoms with Crippen molar-refractivity contribution in [2.75, 3.05) is 6.54 Å². The lowest BCUT2D eigenvalue weighted by atomic mass is 9.69. The van der Waals surface area contributed by atoms with E-state index in [2.05, 4.69) is 22.1 Å². The highest BCUT2D eigenvalue weighted by Crippen LogP contribution is 2.39. The van der Waals surface area contributed by atoms with Crippen LogP contribution in [0.1, 0.15) is 37.7 Å². The molecule has 0 saturated heterocycles. The van der Waals surface area contributed by atoms with Gasteiger partial charge in [-0.2, -0.15) is 0 Å². The summed E-state index contributed by atoms with van der Waals surface area (Å²) in [6.45, 7) is 0.682. The Morgan fingerprint density at radius 2 is 2.05 bits per heavy atom. The number of hydrogen-bond donors (Lipinski definition) is 2. The number of benzene rings is 1. The summed E-state index contributed by atoms with van der Waals surface area (Å²) in [6, 6.07) is 6.13. The van der Waals surface area contributed by atoms with Gasteiger partial charge in [0, 0.05) is 12.0 Å². The van der Waals surface area contributed by atoms with Gasteiger partial charge in [0.05, 0.1) is 17.2 Å². The van der Waals surface area contributed by atoms with Crippen LogP contribution >= 0.6 is 0 Å². The monoisotopic (exact) mass is 257 g/mol. The third-order valence-corrected chi connectivity index (χ3v) is 4.39.